The van der Waals surface area contributed by atoms with Crippen LogP contribution in [0.25, 0.3) is 0 Å². The van der Waals surface area contributed by atoms with Crippen molar-refractivity contribution in [2.24, 2.45) is 0 Å². The van der Waals surface area contributed by atoms with Crippen LogP contribution in [0.15, 0.2) is 54.6 Å². The Bertz CT molecular complexity index is 717. The number of ether oxygens (including phenoxy) is 1. The van der Waals surface area contributed by atoms with Crippen molar-refractivity contribution in [3.8, 4) is 0 Å². The number of carbonyl (C=O) groups excluding carboxylic acids is 1. The number of hydrogen-bond donors (Lipinski definition) is 3. The summed E-state index contributed by atoms with van der Waals surface area (Å²) in [5.74, 6) is -0.966. The average Bonchev–Trinajstić information content (AvgIpc) is 2.67. The number of aromatic carboxylic acids is 1. The molecule has 6 nitrogen and oxygen atoms in total. The number of methoxy groups -OCH3 is 1. The monoisotopic (exact) mass is 370 g/mol. The lowest BCUT2D eigenvalue weighted by Gasteiger charge is -2.19. The fourth-order valence-electron chi connectivity index (χ4n) is 2.78. The molecule has 0 aliphatic rings. The Kier molecular flexibility index (Phi) is 8.32. The second kappa shape index (κ2) is 11.0. The molecule has 2 aromatic rings. The van der Waals surface area contributed by atoms with Gasteiger partial charge in [-0.25, -0.2) is 9.59 Å². The molecule has 0 spiro atoms. The van der Waals surface area contributed by atoms with Crippen LogP contribution in [0, 0.1) is 0 Å². The summed E-state index contributed by atoms with van der Waals surface area (Å²) in [4.78, 5) is 23.1. The first-order valence-electron chi connectivity index (χ1n) is 8.98. The maximum atomic E-state index is 12.3. The molecule has 0 fully saturated rings. The van der Waals surface area contributed by atoms with E-state index in [2.05, 4.69) is 10.6 Å². The molecule has 0 aliphatic carbocycles. The lowest BCUT2D eigenvalue weighted by molar-refractivity contribution is 0.0697. The summed E-state index contributed by atoms with van der Waals surface area (Å²) < 4.78 is 5.11. The summed E-state index contributed by atoms with van der Waals surface area (Å²) >= 11 is 0. The van der Waals surface area contributed by atoms with Gasteiger partial charge in [0.05, 0.1) is 5.56 Å². The SMILES string of the molecule is COCCCC(Cc1ccccc1)NC(=O)NCc1ccc(C(=O)O)cc1. The van der Waals surface area contributed by atoms with Crippen molar-refractivity contribution in [1.29, 1.82) is 0 Å². The molecule has 2 aromatic carbocycles. The molecule has 3 N–H and O–H groups in total. The topological polar surface area (TPSA) is 87.7 Å². The Hall–Kier alpha value is -2.86. The van der Waals surface area contributed by atoms with Crippen molar-refractivity contribution in [2.45, 2.75) is 31.8 Å². The quantitative estimate of drug-likeness (QED) is 0.560. The van der Waals surface area contributed by atoms with E-state index in [0.717, 1.165) is 24.8 Å². The summed E-state index contributed by atoms with van der Waals surface area (Å²) in [6, 6.07) is 16.3. The normalized spacial score (nSPS) is 11.6. The fourth-order valence-corrected chi connectivity index (χ4v) is 2.78. The van der Waals surface area contributed by atoms with Crippen LogP contribution in [0.5, 0.6) is 0 Å². The molecule has 1 atom stereocenters. The van der Waals surface area contributed by atoms with Gasteiger partial charge in [-0.2, -0.15) is 0 Å². The van der Waals surface area contributed by atoms with Crippen LogP contribution in [0.3, 0.4) is 0 Å². The smallest absolute Gasteiger partial charge is 0.335 e. The minimum atomic E-state index is -0.966. The zero-order chi connectivity index (χ0) is 19.5. The lowest BCUT2D eigenvalue weighted by Crippen LogP contribution is -2.43. The highest BCUT2D eigenvalue weighted by atomic mass is 16.5. The first-order valence-corrected chi connectivity index (χ1v) is 8.98. The van der Waals surface area contributed by atoms with Crippen molar-refractivity contribution in [3.05, 3.63) is 71.3 Å². The standard InChI is InChI=1S/C21H26N2O4/c1-27-13-5-8-19(14-16-6-3-2-4-7-16)23-21(26)22-15-17-9-11-18(12-10-17)20(24)25/h2-4,6-7,9-12,19H,5,8,13-15H2,1H3,(H,24,25)(H2,22,23,26). The molecular weight excluding hydrogens is 344 g/mol. The Labute approximate surface area is 159 Å². The zero-order valence-corrected chi connectivity index (χ0v) is 15.5. The number of hydrogen-bond acceptors (Lipinski definition) is 3. The van der Waals surface area contributed by atoms with E-state index in [-0.39, 0.29) is 17.6 Å². The van der Waals surface area contributed by atoms with Crippen molar-refractivity contribution in [1.82, 2.24) is 10.6 Å². The molecule has 0 bridgehead atoms. The van der Waals surface area contributed by atoms with E-state index in [1.54, 1.807) is 19.2 Å². The van der Waals surface area contributed by atoms with Gasteiger partial charge in [0.1, 0.15) is 0 Å². The van der Waals surface area contributed by atoms with Crippen LogP contribution in [0.2, 0.25) is 0 Å². The predicted molar refractivity (Wildman–Crippen MR) is 104 cm³/mol. The maximum absolute atomic E-state index is 12.3. The van der Waals surface area contributed by atoms with Gasteiger partial charge in [-0.05, 0) is 42.5 Å². The van der Waals surface area contributed by atoms with Gasteiger partial charge in [0.15, 0.2) is 0 Å². The molecule has 0 saturated heterocycles. The number of carbonyl (C=O) groups is 2. The third kappa shape index (κ3) is 7.50. The second-order valence-corrected chi connectivity index (χ2v) is 6.35. The number of carboxylic acids is 1. The van der Waals surface area contributed by atoms with Gasteiger partial charge in [-0.3, -0.25) is 0 Å². The van der Waals surface area contributed by atoms with Gasteiger partial charge in [-0.15, -0.1) is 0 Å². The summed E-state index contributed by atoms with van der Waals surface area (Å²) in [6.45, 7) is 0.992. The summed E-state index contributed by atoms with van der Waals surface area (Å²) in [5.41, 5.74) is 2.24. The van der Waals surface area contributed by atoms with E-state index >= 15 is 0 Å². The molecular formula is C21H26N2O4. The van der Waals surface area contributed by atoms with Crippen molar-refractivity contribution >= 4 is 12.0 Å². The van der Waals surface area contributed by atoms with Gasteiger partial charge in [0.25, 0.3) is 0 Å². The minimum absolute atomic E-state index is 0.0111. The lowest BCUT2D eigenvalue weighted by atomic mass is 10.0. The summed E-state index contributed by atoms with van der Waals surface area (Å²) in [7, 11) is 1.67. The van der Waals surface area contributed by atoms with E-state index in [9.17, 15) is 9.59 Å². The molecule has 0 aromatic heterocycles. The van der Waals surface area contributed by atoms with Crippen LogP contribution in [0.1, 0.15) is 34.3 Å². The molecule has 0 aliphatic heterocycles. The number of urea groups is 1. The Morgan fingerprint density at radius 2 is 1.74 bits per heavy atom. The number of rotatable bonds is 10. The van der Waals surface area contributed by atoms with Crippen LogP contribution in [-0.2, 0) is 17.7 Å². The molecule has 2 rings (SSSR count). The number of carboxylic acid groups (broad SMARTS) is 1. The van der Waals surface area contributed by atoms with Crippen LogP contribution in [0.4, 0.5) is 4.79 Å². The first-order chi connectivity index (χ1) is 13.1. The highest BCUT2D eigenvalue weighted by Crippen LogP contribution is 2.08. The fraction of sp³-hybridized carbons (Fsp3) is 0.333. The predicted octanol–water partition coefficient (Wildman–Crippen LogP) is 3.22. The first kappa shape index (κ1) is 20.5. The highest BCUT2D eigenvalue weighted by molar-refractivity contribution is 5.87. The van der Waals surface area contributed by atoms with Crippen LogP contribution >= 0.6 is 0 Å². The van der Waals surface area contributed by atoms with E-state index < -0.39 is 5.97 Å². The highest BCUT2D eigenvalue weighted by Gasteiger charge is 2.13. The Morgan fingerprint density at radius 3 is 2.37 bits per heavy atom. The van der Waals surface area contributed by atoms with Gasteiger partial charge >= 0.3 is 12.0 Å². The molecule has 1 unspecified atom stereocenters. The average molecular weight is 370 g/mol. The molecule has 27 heavy (non-hydrogen) atoms. The van der Waals surface area contributed by atoms with Crippen molar-refractivity contribution < 1.29 is 19.4 Å². The summed E-state index contributed by atoms with van der Waals surface area (Å²) in [5, 5.41) is 14.8. The third-order valence-corrected chi connectivity index (χ3v) is 4.22. The minimum Gasteiger partial charge on any atom is -0.478 e. The van der Waals surface area contributed by atoms with Crippen LogP contribution < -0.4 is 10.6 Å². The molecule has 144 valence electrons. The largest absolute Gasteiger partial charge is 0.478 e. The second-order valence-electron chi connectivity index (χ2n) is 6.35. The van der Waals surface area contributed by atoms with Crippen molar-refractivity contribution in [2.75, 3.05) is 13.7 Å². The number of benzene rings is 2. The Morgan fingerprint density at radius 1 is 1.04 bits per heavy atom. The van der Waals surface area contributed by atoms with Crippen molar-refractivity contribution in [3.63, 3.8) is 0 Å². The maximum Gasteiger partial charge on any atom is 0.335 e. The number of amides is 2. The third-order valence-electron chi connectivity index (χ3n) is 4.22. The van der Waals surface area contributed by atoms with E-state index in [0.29, 0.717) is 13.2 Å². The van der Waals surface area contributed by atoms with Gasteiger partial charge in [-0.1, -0.05) is 42.5 Å². The van der Waals surface area contributed by atoms with E-state index in [1.165, 1.54) is 17.7 Å². The molecule has 0 heterocycles. The van der Waals surface area contributed by atoms with Gasteiger partial charge in [0, 0.05) is 26.3 Å². The van der Waals surface area contributed by atoms with Gasteiger partial charge in [0.2, 0.25) is 0 Å². The van der Waals surface area contributed by atoms with Crippen LogP contribution in [-0.4, -0.2) is 36.9 Å². The van der Waals surface area contributed by atoms with E-state index in [4.69, 9.17) is 9.84 Å². The van der Waals surface area contributed by atoms with E-state index in [1.807, 2.05) is 30.3 Å². The number of nitrogens with one attached hydrogen (secondary N) is 2. The molecule has 6 heteroatoms. The zero-order valence-electron chi connectivity index (χ0n) is 15.5. The van der Waals surface area contributed by atoms with Gasteiger partial charge < -0.3 is 20.5 Å². The Balaban J connectivity index is 1.86. The summed E-state index contributed by atoms with van der Waals surface area (Å²) in [6.07, 6.45) is 2.44. The molecule has 2 amide bonds. The molecule has 0 saturated carbocycles. The molecule has 0 radical (unpaired) electrons.